The van der Waals surface area contributed by atoms with E-state index in [9.17, 15) is 4.79 Å². The molecule has 0 aliphatic carbocycles. The number of carbonyl (C=O) groups excluding carboxylic acids is 1. The lowest BCUT2D eigenvalue weighted by Crippen LogP contribution is -2.36. The van der Waals surface area contributed by atoms with Gasteiger partial charge in [-0.3, -0.25) is 4.79 Å². The Kier molecular flexibility index (Phi) is 5.52. The second kappa shape index (κ2) is 8.00. The van der Waals surface area contributed by atoms with Crippen LogP contribution in [-0.4, -0.2) is 27.3 Å². The van der Waals surface area contributed by atoms with Gasteiger partial charge in [0.1, 0.15) is 11.6 Å². The molecule has 7 nitrogen and oxygen atoms in total. The second-order valence-corrected chi connectivity index (χ2v) is 6.74. The van der Waals surface area contributed by atoms with Gasteiger partial charge in [-0.2, -0.15) is 10.4 Å². The maximum atomic E-state index is 12.3. The Balaban J connectivity index is 1.56. The highest BCUT2D eigenvalue weighted by Crippen LogP contribution is 2.24. The quantitative estimate of drug-likeness (QED) is 0.861. The summed E-state index contributed by atoms with van der Waals surface area (Å²) in [6, 6.07) is 9.16. The van der Waals surface area contributed by atoms with Crippen LogP contribution >= 0.6 is 0 Å². The molecule has 0 radical (unpaired) electrons. The molecule has 0 unspecified atom stereocenters. The zero-order chi connectivity index (χ0) is 18.5. The van der Waals surface area contributed by atoms with E-state index in [1.807, 2.05) is 16.8 Å². The van der Waals surface area contributed by atoms with Crippen LogP contribution in [0, 0.1) is 11.3 Å². The molecule has 26 heavy (non-hydrogen) atoms. The van der Waals surface area contributed by atoms with Gasteiger partial charge in [0.15, 0.2) is 12.4 Å². The molecule has 1 atom stereocenters. The van der Waals surface area contributed by atoms with Crippen LogP contribution in [0.25, 0.3) is 0 Å². The number of nitrogens with one attached hydrogen (secondary N) is 1. The molecule has 1 aromatic carbocycles. The van der Waals surface area contributed by atoms with Crippen LogP contribution in [0.4, 0.5) is 0 Å². The number of rotatable bonds is 6. The Morgan fingerprint density at radius 2 is 2.19 bits per heavy atom. The number of benzene rings is 1. The molecule has 0 bridgehead atoms. The Bertz CT molecular complexity index is 804. The first kappa shape index (κ1) is 17.9. The number of nitrogens with zero attached hydrogens (tertiary/aromatic N) is 4. The molecule has 1 N–H and O–H groups in total. The third-order valence-electron chi connectivity index (χ3n) is 4.32. The number of hydrogen-bond donors (Lipinski definition) is 1. The summed E-state index contributed by atoms with van der Waals surface area (Å²) in [6.07, 6.45) is 2.17. The van der Waals surface area contributed by atoms with Crippen molar-refractivity contribution < 1.29 is 9.53 Å². The summed E-state index contributed by atoms with van der Waals surface area (Å²) < 4.78 is 7.44. The summed E-state index contributed by atoms with van der Waals surface area (Å²) in [6.45, 7) is 4.90. The number of aromatic nitrogens is 3. The average molecular weight is 353 g/mol. The monoisotopic (exact) mass is 353 g/mol. The smallest absolute Gasteiger partial charge is 0.258 e. The van der Waals surface area contributed by atoms with E-state index < -0.39 is 0 Å². The molecule has 7 heteroatoms. The van der Waals surface area contributed by atoms with Crippen molar-refractivity contribution in [2.45, 2.75) is 51.6 Å². The summed E-state index contributed by atoms with van der Waals surface area (Å²) in [5, 5.41) is 16.2. The number of nitriles is 1. The Morgan fingerprint density at radius 3 is 2.88 bits per heavy atom. The minimum atomic E-state index is -0.182. The molecule has 0 spiro atoms. The summed E-state index contributed by atoms with van der Waals surface area (Å²) in [7, 11) is 0. The maximum absolute atomic E-state index is 12.3. The second-order valence-electron chi connectivity index (χ2n) is 6.74. The van der Waals surface area contributed by atoms with Crippen LogP contribution in [0.2, 0.25) is 0 Å². The number of amides is 1. The van der Waals surface area contributed by atoms with Gasteiger partial charge in [-0.05, 0) is 30.5 Å². The number of hydrogen-bond acceptors (Lipinski definition) is 5. The summed E-state index contributed by atoms with van der Waals surface area (Å²) in [5.74, 6) is 2.33. The minimum Gasteiger partial charge on any atom is -0.484 e. The van der Waals surface area contributed by atoms with E-state index in [1.165, 1.54) is 0 Å². The molecular weight excluding hydrogens is 330 g/mol. The molecule has 0 fully saturated rings. The molecule has 136 valence electrons. The Labute approximate surface area is 153 Å². The molecule has 1 aliphatic rings. The minimum absolute atomic E-state index is 0.0563. The van der Waals surface area contributed by atoms with Crippen molar-refractivity contribution in [1.82, 2.24) is 20.1 Å². The third kappa shape index (κ3) is 4.20. The van der Waals surface area contributed by atoms with Gasteiger partial charge in [0, 0.05) is 12.5 Å². The zero-order valence-electron chi connectivity index (χ0n) is 15.1. The fourth-order valence-electron chi connectivity index (χ4n) is 2.93. The van der Waals surface area contributed by atoms with Crippen LogP contribution in [0.15, 0.2) is 24.3 Å². The van der Waals surface area contributed by atoms with Crippen molar-refractivity contribution >= 4 is 5.91 Å². The normalized spacial score (nSPS) is 16.0. The van der Waals surface area contributed by atoms with Crippen molar-refractivity contribution in [1.29, 1.82) is 5.26 Å². The van der Waals surface area contributed by atoms with Crippen molar-refractivity contribution in [3.63, 3.8) is 0 Å². The summed E-state index contributed by atoms with van der Waals surface area (Å²) in [5.41, 5.74) is 0.923. The summed E-state index contributed by atoms with van der Waals surface area (Å²) in [4.78, 5) is 16.9. The SMILES string of the molecule is CC(C)c1nc2n(n1)CCC[C@H]2NC(=O)COc1ccc(CC#N)cc1. The van der Waals surface area contributed by atoms with Crippen LogP contribution < -0.4 is 10.1 Å². The molecular formula is C19H23N5O2. The first-order chi connectivity index (χ1) is 12.6. The Morgan fingerprint density at radius 1 is 1.42 bits per heavy atom. The molecule has 0 saturated heterocycles. The first-order valence-corrected chi connectivity index (χ1v) is 8.89. The molecule has 1 aliphatic heterocycles. The van der Waals surface area contributed by atoms with Crippen molar-refractivity contribution in [3.8, 4) is 11.8 Å². The number of carbonyl (C=O) groups is 1. The average Bonchev–Trinajstić information content (AvgIpc) is 3.07. The van der Waals surface area contributed by atoms with Gasteiger partial charge in [0.05, 0.1) is 18.5 Å². The Hall–Kier alpha value is -2.88. The van der Waals surface area contributed by atoms with E-state index in [1.54, 1.807) is 12.1 Å². The highest BCUT2D eigenvalue weighted by Gasteiger charge is 2.26. The third-order valence-corrected chi connectivity index (χ3v) is 4.32. The van der Waals surface area contributed by atoms with E-state index >= 15 is 0 Å². The van der Waals surface area contributed by atoms with Gasteiger partial charge in [0.2, 0.25) is 0 Å². The van der Waals surface area contributed by atoms with Crippen LogP contribution in [0.3, 0.4) is 0 Å². The van der Waals surface area contributed by atoms with Crippen LogP contribution in [0.5, 0.6) is 5.75 Å². The fourth-order valence-corrected chi connectivity index (χ4v) is 2.93. The predicted molar refractivity (Wildman–Crippen MR) is 95.5 cm³/mol. The zero-order valence-corrected chi connectivity index (χ0v) is 15.1. The molecule has 1 amide bonds. The van der Waals surface area contributed by atoms with E-state index in [2.05, 4.69) is 35.3 Å². The standard InChI is InChI=1S/C19H23N5O2/c1-13(2)18-22-19-16(4-3-11-24(19)23-18)21-17(25)12-26-15-7-5-14(6-8-15)9-10-20/h5-8,13,16H,3-4,9,11-12H2,1-2H3,(H,21,25)/t16-/m1/s1. The van der Waals surface area contributed by atoms with Gasteiger partial charge in [-0.1, -0.05) is 26.0 Å². The van der Waals surface area contributed by atoms with Gasteiger partial charge in [-0.15, -0.1) is 0 Å². The van der Waals surface area contributed by atoms with Gasteiger partial charge < -0.3 is 10.1 Å². The molecule has 0 saturated carbocycles. The summed E-state index contributed by atoms with van der Waals surface area (Å²) >= 11 is 0. The predicted octanol–water partition coefficient (Wildman–Crippen LogP) is 2.50. The largest absolute Gasteiger partial charge is 0.484 e. The van der Waals surface area contributed by atoms with E-state index in [-0.39, 0.29) is 24.5 Å². The number of ether oxygens (including phenoxy) is 1. The lowest BCUT2D eigenvalue weighted by atomic mass is 10.1. The number of aryl methyl sites for hydroxylation is 1. The number of fused-ring (bicyclic) bond motifs is 1. The highest BCUT2D eigenvalue weighted by molar-refractivity contribution is 5.77. The van der Waals surface area contributed by atoms with Crippen LogP contribution in [0.1, 0.15) is 55.9 Å². The lowest BCUT2D eigenvalue weighted by molar-refractivity contribution is -0.124. The molecule has 2 aromatic rings. The van der Waals surface area contributed by atoms with Crippen molar-refractivity contribution in [2.24, 2.45) is 0 Å². The van der Waals surface area contributed by atoms with Crippen LogP contribution in [-0.2, 0) is 17.8 Å². The van der Waals surface area contributed by atoms with E-state index in [4.69, 9.17) is 10.00 Å². The maximum Gasteiger partial charge on any atom is 0.258 e. The van der Waals surface area contributed by atoms with Gasteiger partial charge >= 0.3 is 0 Å². The van der Waals surface area contributed by atoms with E-state index in [0.717, 1.165) is 36.6 Å². The van der Waals surface area contributed by atoms with Crippen molar-refractivity contribution in [3.05, 3.63) is 41.5 Å². The molecule has 1 aromatic heterocycles. The topological polar surface area (TPSA) is 92.8 Å². The van der Waals surface area contributed by atoms with Crippen molar-refractivity contribution in [2.75, 3.05) is 6.61 Å². The lowest BCUT2D eigenvalue weighted by Gasteiger charge is -2.23. The highest BCUT2D eigenvalue weighted by atomic mass is 16.5. The first-order valence-electron chi connectivity index (χ1n) is 8.89. The molecule has 2 heterocycles. The fraction of sp³-hybridized carbons (Fsp3) is 0.474. The van der Waals surface area contributed by atoms with E-state index in [0.29, 0.717) is 12.2 Å². The van der Waals surface area contributed by atoms with Gasteiger partial charge in [0.25, 0.3) is 5.91 Å². The van der Waals surface area contributed by atoms with Gasteiger partial charge in [-0.25, -0.2) is 9.67 Å². The molecule has 3 rings (SSSR count).